The Kier molecular flexibility index (Phi) is 4.66. The van der Waals surface area contributed by atoms with E-state index in [1.807, 2.05) is 0 Å². The van der Waals surface area contributed by atoms with E-state index in [1.165, 1.54) is 24.3 Å². The van der Waals surface area contributed by atoms with Gasteiger partial charge in [0.25, 0.3) is 5.91 Å². The van der Waals surface area contributed by atoms with Crippen LogP contribution in [0.4, 0.5) is 10.3 Å². The molecular weight excluding hydrogens is 339 g/mol. The van der Waals surface area contributed by atoms with Crippen molar-refractivity contribution in [3.63, 3.8) is 0 Å². The quantitative estimate of drug-likeness (QED) is 0.822. The molecular formula is C18H19FN4O3. The lowest BCUT2D eigenvalue weighted by Gasteiger charge is -2.26. The molecule has 136 valence electrons. The Labute approximate surface area is 150 Å². The first-order chi connectivity index (χ1) is 12.7. The summed E-state index contributed by atoms with van der Waals surface area (Å²) in [5, 5.41) is 0. The molecule has 0 saturated carbocycles. The number of ether oxygens (including phenoxy) is 2. The number of amides is 1. The van der Waals surface area contributed by atoms with E-state index in [0.29, 0.717) is 38.0 Å². The highest BCUT2D eigenvalue weighted by Gasteiger charge is 2.26. The molecule has 7 nitrogen and oxygen atoms in total. The third-order valence-corrected chi connectivity index (χ3v) is 4.47. The van der Waals surface area contributed by atoms with Gasteiger partial charge in [0.05, 0.1) is 25.5 Å². The van der Waals surface area contributed by atoms with Crippen molar-refractivity contribution in [3.05, 3.63) is 47.5 Å². The van der Waals surface area contributed by atoms with Gasteiger partial charge in [-0.25, -0.2) is 14.4 Å². The van der Waals surface area contributed by atoms with Crippen LogP contribution in [0.5, 0.6) is 5.75 Å². The molecule has 1 fully saturated rings. The monoisotopic (exact) mass is 358 g/mol. The molecule has 0 bridgehead atoms. The summed E-state index contributed by atoms with van der Waals surface area (Å²) in [5.74, 6) is 0.670. The van der Waals surface area contributed by atoms with Gasteiger partial charge in [0.2, 0.25) is 5.95 Å². The summed E-state index contributed by atoms with van der Waals surface area (Å²) in [7, 11) is 0. The van der Waals surface area contributed by atoms with E-state index in [9.17, 15) is 9.18 Å². The van der Waals surface area contributed by atoms with Crippen molar-refractivity contribution in [3.8, 4) is 5.75 Å². The molecule has 2 aliphatic rings. The van der Waals surface area contributed by atoms with Gasteiger partial charge in [0.1, 0.15) is 11.6 Å². The molecule has 0 aliphatic carbocycles. The van der Waals surface area contributed by atoms with E-state index in [0.717, 1.165) is 24.3 Å². The molecule has 8 heteroatoms. The van der Waals surface area contributed by atoms with E-state index in [2.05, 4.69) is 14.9 Å². The molecule has 0 radical (unpaired) electrons. The number of nitrogens with zero attached hydrogens (tertiary/aromatic N) is 4. The van der Waals surface area contributed by atoms with Gasteiger partial charge in [-0.05, 0) is 24.3 Å². The number of carbonyl (C=O) groups excluding carboxylic acids is 1. The van der Waals surface area contributed by atoms with Crippen molar-refractivity contribution in [2.24, 2.45) is 0 Å². The van der Waals surface area contributed by atoms with Crippen LogP contribution in [0.3, 0.4) is 0 Å². The average molecular weight is 358 g/mol. The molecule has 1 amide bonds. The Morgan fingerprint density at radius 2 is 1.96 bits per heavy atom. The van der Waals surface area contributed by atoms with Crippen LogP contribution in [-0.4, -0.2) is 53.7 Å². The fraction of sp³-hybridized carbons (Fsp3) is 0.389. The zero-order valence-electron chi connectivity index (χ0n) is 14.2. The van der Waals surface area contributed by atoms with Crippen LogP contribution in [0, 0.1) is 5.82 Å². The number of fused-ring (bicyclic) bond motifs is 1. The summed E-state index contributed by atoms with van der Waals surface area (Å²) in [6.07, 6.45) is 1.79. The molecule has 4 rings (SSSR count). The minimum absolute atomic E-state index is 0.0939. The highest BCUT2D eigenvalue weighted by atomic mass is 19.1. The van der Waals surface area contributed by atoms with Crippen LogP contribution < -0.4 is 9.64 Å². The average Bonchev–Trinajstić information content (AvgIpc) is 3.11. The smallest absolute Gasteiger partial charge is 0.261 e. The van der Waals surface area contributed by atoms with E-state index < -0.39 is 0 Å². The first kappa shape index (κ1) is 16.7. The fourth-order valence-corrected chi connectivity index (χ4v) is 3.00. The maximum Gasteiger partial charge on any atom is 0.261 e. The van der Waals surface area contributed by atoms with Crippen LogP contribution in [-0.2, 0) is 22.6 Å². The summed E-state index contributed by atoms with van der Waals surface area (Å²) in [6.45, 7) is 3.71. The highest BCUT2D eigenvalue weighted by molar-refractivity contribution is 5.78. The van der Waals surface area contributed by atoms with Crippen LogP contribution in [0.1, 0.15) is 11.3 Å². The van der Waals surface area contributed by atoms with Gasteiger partial charge >= 0.3 is 0 Å². The summed E-state index contributed by atoms with van der Waals surface area (Å²) in [6, 6.07) is 5.60. The molecule has 2 aromatic rings. The van der Waals surface area contributed by atoms with Crippen molar-refractivity contribution in [2.45, 2.75) is 13.1 Å². The number of rotatable bonds is 4. The summed E-state index contributed by atoms with van der Waals surface area (Å²) < 4.78 is 23.7. The van der Waals surface area contributed by atoms with Crippen LogP contribution >= 0.6 is 0 Å². The Bertz CT molecular complexity index is 794. The Hall–Kier alpha value is -2.74. The van der Waals surface area contributed by atoms with Gasteiger partial charge in [-0.3, -0.25) is 4.79 Å². The number of hydrogen-bond donors (Lipinski definition) is 0. The summed E-state index contributed by atoms with van der Waals surface area (Å²) in [4.78, 5) is 25.2. The number of anilines is 1. The zero-order chi connectivity index (χ0) is 17.9. The number of carbonyl (C=O) groups is 1. The van der Waals surface area contributed by atoms with Crippen LogP contribution in [0.25, 0.3) is 0 Å². The number of benzene rings is 1. The van der Waals surface area contributed by atoms with Crippen molar-refractivity contribution in [1.82, 2.24) is 14.9 Å². The van der Waals surface area contributed by atoms with E-state index in [1.54, 1.807) is 11.1 Å². The van der Waals surface area contributed by atoms with Gasteiger partial charge < -0.3 is 19.3 Å². The van der Waals surface area contributed by atoms with Gasteiger partial charge in [0, 0.05) is 31.4 Å². The molecule has 3 heterocycles. The molecule has 1 aromatic carbocycles. The highest BCUT2D eigenvalue weighted by Crippen LogP contribution is 2.23. The first-order valence-electron chi connectivity index (χ1n) is 8.53. The maximum absolute atomic E-state index is 12.9. The molecule has 0 atom stereocenters. The van der Waals surface area contributed by atoms with Crippen molar-refractivity contribution in [1.29, 1.82) is 0 Å². The maximum atomic E-state index is 12.9. The van der Waals surface area contributed by atoms with E-state index >= 15 is 0 Å². The first-order valence-corrected chi connectivity index (χ1v) is 8.53. The number of hydrogen-bond acceptors (Lipinski definition) is 6. The third-order valence-electron chi connectivity index (χ3n) is 4.47. The molecule has 0 spiro atoms. The lowest BCUT2D eigenvalue weighted by molar-refractivity contribution is -0.134. The van der Waals surface area contributed by atoms with Crippen molar-refractivity contribution >= 4 is 11.9 Å². The predicted octanol–water partition coefficient (Wildman–Crippen LogP) is 1.37. The Balaban J connectivity index is 1.36. The molecule has 26 heavy (non-hydrogen) atoms. The summed E-state index contributed by atoms with van der Waals surface area (Å²) in [5.41, 5.74) is 1.83. The zero-order valence-corrected chi connectivity index (χ0v) is 14.2. The normalized spacial score (nSPS) is 16.5. The van der Waals surface area contributed by atoms with Crippen LogP contribution in [0.15, 0.2) is 30.5 Å². The minimum Gasteiger partial charge on any atom is -0.484 e. The third kappa shape index (κ3) is 3.60. The van der Waals surface area contributed by atoms with E-state index in [-0.39, 0.29) is 18.3 Å². The topological polar surface area (TPSA) is 67.8 Å². The van der Waals surface area contributed by atoms with Gasteiger partial charge in [-0.15, -0.1) is 0 Å². The van der Waals surface area contributed by atoms with Crippen molar-refractivity contribution in [2.75, 3.05) is 37.8 Å². The molecule has 2 aliphatic heterocycles. The van der Waals surface area contributed by atoms with Crippen molar-refractivity contribution < 1.29 is 18.7 Å². The minimum atomic E-state index is -0.340. The second-order valence-electron chi connectivity index (χ2n) is 6.23. The second kappa shape index (κ2) is 7.25. The molecule has 0 N–H and O–H groups in total. The number of morpholine rings is 1. The largest absolute Gasteiger partial charge is 0.484 e. The second-order valence-corrected chi connectivity index (χ2v) is 6.23. The van der Waals surface area contributed by atoms with Gasteiger partial charge in [-0.2, -0.15) is 0 Å². The fourth-order valence-electron chi connectivity index (χ4n) is 3.00. The standard InChI is InChI=1S/C18H19FN4O3/c19-14-1-3-15(4-2-14)26-12-17(24)23-10-13-9-20-18(21-16(13)11-23)22-5-7-25-8-6-22/h1-4,9H,5-8,10-12H2. The van der Waals surface area contributed by atoms with E-state index in [4.69, 9.17) is 9.47 Å². The SMILES string of the molecule is O=C(COc1ccc(F)cc1)N1Cc2cnc(N3CCOCC3)nc2C1. The molecule has 1 aromatic heterocycles. The number of halogens is 1. The predicted molar refractivity (Wildman–Crippen MR) is 91.2 cm³/mol. The van der Waals surface area contributed by atoms with Crippen LogP contribution in [0.2, 0.25) is 0 Å². The summed E-state index contributed by atoms with van der Waals surface area (Å²) >= 11 is 0. The number of aromatic nitrogens is 2. The van der Waals surface area contributed by atoms with Gasteiger partial charge in [-0.1, -0.05) is 0 Å². The van der Waals surface area contributed by atoms with Gasteiger partial charge in [0.15, 0.2) is 6.61 Å². The Morgan fingerprint density at radius 1 is 1.19 bits per heavy atom. The lowest BCUT2D eigenvalue weighted by atomic mass is 10.3. The lowest BCUT2D eigenvalue weighted by Crippen LogP contribution is -2.37. The Morgan fingerprint density at radius 3 is 2.73 bits per heavy atom. The molecule has 0 unspecified atom stereocenters. The molecule has 1 saturated heterocycles.